The Morgan fingerprint density at radius 2 is 2.24 bits per heavy atom. The van der Waals surface area contributed by atoms with Gasteiger partial charge in [0, 0.05) is 23.6 Å². The molecule has 1 radical (unpaired) electrons. The lowest BCUT2D eigenvalue weighted by molar-refractivity contribution is -0.113. The van der Waals surface area contributed by atoms with Crippen molar-refractivity contribution in [2.75, 3.05) is 11.1 Å². The van der Waals surface area contributed by atoms with Gasteiger partial charge in [0.15, 0.2) is 0 Å². The lowest BCUT2D eigenvalue weighted by Crippen LogP contribution is -2.11. The summed E-state index contributed by atoms with van der Waals surface area (Å²) >= 11 is 6.10. The van der Waals surface area contributed by atoms with Gasteiger partial charge in [-0.05, 0) is 18.2 Å². The van der Waals surface area contributed by atoms with Gasteiger partial charge in [-0.25, -0.2) is 4.98 Å². The number of fused-ring (bicyclic) bond motifs is 1. The molecule has 1 heterocycles. The van der Waals surface area contributed by atoms with Crippen molar-refractivity contribution in [2.45, 2.75) is 6.92 Å². The predicted octanol–water partition coefficient (Wildman–Crippen LogP) is 2.63. The Morgan fingerprint density at radius 3 is 2.94 bits per heavy atom. The number of hydrogen-bond acceptors (Lipinski definition) is 3. The van der Waals surface area contributed by atoms with Crippen LogP contribution in [0, 0.1) is 6.42 Å². The monoisotopic (exact) mass is 248 g/mol. The Morgan fingerprint density at radius 1 is 1.47 bits per heavy atom. The molecule has 1 aromatic heterocycles. The second kappa shape index (κ2) is 4.59. The largest absolute Gasteiger partial charge is 0.399 e. The molecule has 0 unspecified atom stereocenters. The van der Waals surface area contributed by atoms with Gasteiger partial charge in [0.2, 0.25) is 5.91 Å². The molecule has 0 aliphatic carbocycles. The number of rotatable bonds is 2. The Hall–Kier alpha value is -1.81. The summed E-state index contributed by atoms with van der Waals surface area (Å²) in [6.45, 7) is 1.65. The maximum Gasteiger partial charge on any atom is 0.229 e. The Kier molecular flexibility index (Phi) is 3.15. The second-order valence-electron chi connectivity index (χ2n) is 3.54. The highest BCUT2D eigenvalue weighted by Crippen LogP contribution is 2.26. The van der Waals surface area contributed by atoms with Crippen molar-refractivity contribution < 1.29 is 4.79 Å². The van der Waals surface area contributed by atoms with Crippen LogP contribution in [-0.2, 0) is 4.79 Å². The van der Waals surface area contributed by atoms with E-state index in [9.17, 15) is 4.79 Å². The van der Waals surface area contributed by atoms with Crippen LogP contribution in [0.5, 0.6) is 0 Å². The van der Waals surface area contributed by atoms with Crippen LogP contribution in [0.1, 0.15) is 6.92 Å². The topological polar surface area (TPSA) is 68.0 Å². The number of benzene rings is 1. The van der Waals surface area contributed by atoms with Gasteiger partial charge in [-0.2, -0.15) is 0 Å². The van der Waals surface area contributed by atoms with Crippen molar-refractivity contribution >= 4 is 39.9 Å². The minimum absolute atomic E-state index is 0.225. The molecule has 2 rings (SSSR count). The summed E-state index contributed by atoms with van der Waals surface area (Å²) in [5, 5.41) is 3.95. The average molecular weight is 249 g/mol. The number of pyridine rings is 1. The smallest absolute Gasteiger partial charge is 0.229 e. The van der Waals surface area contributed by atoms with Gasteiger partial charge in [0.05, 0.1) is 10.5 Å². The van der Waals surface area contributed by atoms with Crippen LogP contribution in [0.15, 0.2) is 24.3 Å². The van der Waals surface area contributed by atoms with E-state index in [0.717, 1.165) is 5.39 Å². The molecular formula is C12H11ClN3O. The van der Waals surface area contributed by atoms with E-state index >= 15 is 0 Å². The fraction of sp³-hybridized carbons (Fsp3) is 0.0833. The molecule has 1 aromatic carbocycles. The molecule has 4 nitrogen and oxygen atoms in total. The fourth-order valence-electron chi connectivity index (χ4n) is 1.47. The SMILES string of the molecule is C[CH]C(=O)Nc1cc(Cl)c2ccc(N)cc2n1. The first-order chi connectivity index (χ1) is 8.10. The molecule has 3 N–H and O–H groups in total. The molecule has 17 heavy (non-hydrogen) atoms. The van der Waals surface area contributed by atoms with Crippen molar-refractivity contribution in [3.8, 4) is 0 Å². The van der Waals surface area contributed by atoms with E-state index in [2.05, 4.69) is 10.3 Å². The quantitative estimate of drug-likeness (QED) is 0.803. The first kappa shape index (κ1) is 11.7. The number of carbonyl (C=O) groups is 1. The number of anilines is 2. The number of nitrogen functional groups attached to an aromatic ring is 1. The highest BCUT2D eigenvalue weighted by molar-refractivity contribution is 6.35. The van der Waals surface area contributed by atoms with Crippen LogP contribution in [0.25, 0.3) is 10.9 Å². The summed E-state index contributed by atoms with van der Waals surface area (Å²) < 4.78 is 0. The van der Waals surface area contributed by atoms with Gasteiger partial charge in [0.25, 0.3) is 0 Å². The minimum Gasteiger partial charge on any atom is -0.399 e. The minimum atomic E-state index is -0.225. The lowest BCUT2D eigenvalue weighted by Gasteiger charge is -2.06. The molecular weight excluding hydrogens is 238 g/mol. The molecule has 0 spiro atoms. The molecule has 0 aliphatic rings. The Bertz CT molecular complexity index is 583. The van der Waals surface area contributed by atoms with Gasteiger partial charge in [0.1, 0.15) is 5.82 Å². The maximum absolute atomic E-state index is 11.2. The summed E-state index contributed by atoms with van der Waals surface area (Å²) in [4.78, 5) is 15.5. The predicted molar refractivity (Wildman–Crippen MR) is 69.8 cm³/mol. The van der Waals surface area contributed by atoms with Gasteiger partial charge in [-0.15, -0.1) is 0 Å². The Balaban J connectivity index is 2.50. The zero-order chi connectivity index (χ0) is 12.4. The first-order valence-corrected chi connectivity index (χ1v) is 5.44. The first-order valence-electron chi connectivity index (χ1n) is 5.06. The molecule has 5 heteroatoms. The molecule has 2 aromatic rings. The van der Waals surface area contributed by atoms with Crippen molar-refractivity contribution in [1.82, 2.24) is 4.98 Å². The third kappa shape index (κ3) is 2.47. The maximum atomic E-state index is 11.2. The number of nitrogens with two attached hydrogens (primary N) is 1. The zero-order valence-corrected chi connectivity index (χ0v) is 9.95. The van der Waals surface area contributed by atoms with Gasteiger partial charge in [-0.1, -0.05) is 18.5 Å². The van der Waals surface area contributed by atoms with Crippen molar-refractivity contribution in [3.05, 3.63) is 35.7 Å². The van der Waals surface area contributed by atoms with E-state index in [0.29, 0.717) is 22.0 Å². The standard InChI is InChI=1S/C12H11ClN3O/c1-2-12(17)16-11-6-9(13)8-4-3-7(14)5-10(8)15-11/h2-6H,14H2,1H3,(H,15,16,17). The highest BCUT2D eigenvalue weighted by Gasteiger charge is 2.06. The highest BCUT2D eigenvalue weighted by atomic mass is 35.5. The number of nitrogens with zero attached hydrogens (tertiary/aromatic N) is 1. The van der Waals surface area contributed by atoms with Crippen molar-refractivity contribution in [3.63, 3.8) is 0 Å². The summed E-state index contributed by atoms with van der Waals surface area (Å²) in [6.07, 6.45) is 1.42. The van der Waals surface area contributed by atoms with E-state index in [1.165, 1.54) is 6.42 Å². The van der Waals surface area contributed by atoms with E-state index in [1.807, 2.05) is 0 Å². The molecule has 0 atom stereocenters. The van der Waals surface area contributed by atoms with Crippen molar-refractivity contribution in [2.24, 2.45) is 0 Å². The number of hydrogen-bond donors (Lipinski definition) is 2. The third-order valence-corrected chi connectivity index (χ3v) is 2.61. The van der Waals surface area contributed by atoms with Crippen LogP contribution >= 0.6 is 11.6 Å². The van der Waals surface area contributed by atoms with Crippen LogP contribution < -0.4 is 11.1 Å². The van der Waals surface area contributed by atoms with E-state index < -0.39 is 0 Å². The number of nitrogens with one attached hydrogen (secondary N) is 1. The van der Waals surface area contributed by atoms with E-state index in [4.69, 9.17) is 17.3 Å². The second-order valence-corrected chi connectivity index (χ2v) is 3.95. The van der Waals surface area contributed by atoms with Gasteiger partial charge >= 0.3 is 0 Å². The van der Waals surface area contributed by atoms with Gasteiger partial charge < -0.3 is 11.1 Å². The molecule has 0 fully saturated rings. The van der Waals surface area contributed by atoms with Crippen LogP contribution in [0.2, 0.25) is 5.02 Å². The van der Waals surface area contributed by atoms with Crippen molar-refractivity contribution in [1.29, 1.82) is 0 Å². The zero-order valence-electron chi connectivity index (χ0n) is 9.20. The number of carbonyl (C=O) groups excluding carboxylic acids is 1. The summed E-state index contributed by atoms with van der Waals surface area (Å²) in [6, 6.07) is 6.89. The summed E-state index contributed by atoms with van der Waals surface area (Å²) in [7, 11) is 0. The Labute approximate surface area is 104 Å². The molecule has 0 saturated heterocycles. The molecule has 1 amide bonds. The molecule has 0 aliphatic heterocycles. The van der Waals surface area contributed by atoms with Gasteiger partial charge in [-0.3, -0.25) is 4.79 Å². The molecule has 87 valence electrons. The molecule has 0 saturated carbocycles. The number of halogens is 1. The van der Waals surface area contributed by atoms with E-state index in [1.54, 1.807) is 31.2 Å². The van der Waals surface area contributed by atoms with E-state index in [-0.39, 0.29) is 5.91 Å². The lowest BCUT2D eigenvalue weighted by atomic mass is 10.2. The normalized spacial score (nSPS) is 10.5. The van der Waals surface area contributed by atoms with Crippen LogP contribution in [-0.4, -0.2) is 10.9 Å². The molecule has 0 bridgehead atoms. The number of amides is 1. The fourth-order valence-corrected chi connectivity index (χ4v) is 1.73. The van der Waals surface area contributed by atoms with Crippen LogP contribution in [0.3, 0.4) is 0 Å². The summed E-state index contributed by atoms with van der Waals surface area (Å²) in [5.74, 6) is 0.188. The van der Waals surface area contributed by atoms with Crippen LogP contribution in [0.4, 0.5) is 11.5 Å². The summed E-state index contributed by atoms with van der Waals surface area (Å²) in [5.41, 5.74) is 6.93. The third-order valence-electron chi connectivity index (χ3n) is 2.30. The average Bonchev–Trinajstić information content (AvgIpc) is 2.28. The number of aromatic nitrogens is 1.